The van der Waals surface area contributed by atoms with E-state index in [0.717, 1.165) is 54.1 Å². The molecule has 5 rings (SSSR count). The Morgan fingerprint density at radius 2 is 1.72 bits per heavy atom. The van der Waals surface area contributed by atoms with Gasteiger partial charge in [0, 0.05) is 41.9 Å². The molecular weight excluding hydrogens is 457 g/mol. The minimum Gasteiger partial charge on any atom is -0.508 e. The Morgan fingerprint density at radius 1 is 1.00 bits per heavy atom. The Kier molecular flexibility index (Phi) is 6.88. The zero-order chi connectivity index (χ0) is 25.2. The van der Waals surface area contributed by atoms with Crippen LogP contribution >= 0.6 is 0 Å². The molecule has 0 aliphatic carbocycles. The number of likely N-dealkylation sites (tertiary alicyclic amines) is 1. The minimum absolute atomic E-state index is 0.103. The van der Waals surface area contributed by atoms with Crippen LogP contribution in [0, 0.1) is 11.7 Å². The Morgan fingerprint density at radius 3 is 2.42 bits per heavy atom. The molecule has 2 atom stereocenters. The molecule has 2 aliphatic heterocycles. The van der Waals surface area contributed by atoms with Gasteiger partial charge in [-0.15, -0.1) is 0 Å². The number of hydrogen-bond donors (Lipinski definition) is 2. The Labute approximate surface area is 211 Å². The largest absolute Gasteiger partial charge is 0.508 e. The van der Waals surface area contributed by atoms with Crippen molar-refractivity contribution in [2.75, 3.05) is 26.2 Å². The minimum atomic E-state index is -0.594. The quantitative estimate of drug-likeness (QED) is 0.401. The second kappa shape index (κ2) is 10.2. The van der Waals surface area contributed by atoms with Crippen molar-refractivity contribution < 1.29 is 24.1 Å². The number of hydrogen-bond acceptors (Lipinski definition) is 5. The highest BCUT2D eigenvalue weighted by atomic mass is 19.1. The van der Waals surface area contributed by atoms with Gasteiger partial charge >= 0.3 is 0 Å². The van der Waals surface area contributed by atoms with Gasteiger partial charge in [-0.05, 0) is 73.3 Å². The number of ether oxygens (including phenoxy) is 2. The summed E-state index contributed by atoms with van der Waals surface area (Å²) in [6.45, 7) is 8.01. The molecule has 5 nitrogen and oxygen atoms in total. The number of phenolic OH excluding ortho intramolecular Hbond substituents is 2. The molecule has 0 bridgehead atoms. The van der Waals surface area contributed by atoms with Gasteiger partial charge in [0.25, 0.3) is 0 Å². The van der Waals surface area contributed by atoms with Crippen LogP contribution in [-0.4, -0.2) is 41.4 Å². The van der Waals surface area contributed by atoms with Crippen LogP contribution in [0.5, 0.6) is 23.0 Å². The fourth-order valence-corrected chi connectivity index (χ4v) is 5.23. The zero-order valence-corrected chi connectivity index (χ0v) is 20.7. The molecule has 6 heteroatoms. The van der Waals surface area contributed by atoms with Crippen LogP contribution in [0.3, 0.4) is 0 Å². The molecule has 36 heavy (non-hydrogen) atoms. The highest BCUT2D eigenvalue weighted by Gasteiger charge is 2.31. The maximum atomic E-state index is 15.0. The van der Waals surface area contributed by atoms with Crippen LogP contribution in [0.15, 0.2) is 60.7 Å². The van der Waals surface area contributed by atoms with E-state index in [1.807, 2.05) is 31.2 Å². The molecule has 2 aliphatic rings. The standard InChI is InChI=1S/C30H32FNO4/c1-3-20-12-13-32(18-20)14-15-35-24-8-4-21(5-9-24)30-29(26-11-7-22(33)16-27(26)31)19(2)25-10-6-23(34)17-28(25)36-30/h4-11,16-17,20,30,33-34H,3,12-15,18H2,1-2H3/t20-,30?/m1/s1. The lowest BCUT2D eigenvalue weighted by Crippen LogP contribution is -2.26. The first-order chi connectivity index (χ1) is 17.4. The highest BCUT2D eigenvalue weighted by Crippen LogP contribution is 2.48. The van der Waals surface area contributed by atoms with Gasteiger partial charge in [-0.1, -0.05) is 25.5 Å². The van der Waals surface area contributed by atoms with E-state index >= 15 is 4.39 Å². The van der Waals surface area contributed by atoms with E-state index in [0.29, 0.717) is 23.5 Å². The van der Waals surface area contributed by atoms with Gasteiger partial charge < -0.3 is 19.7 Å². The number of fused-ring (bicyclic) bond motifs is 1. The summed E-state index contributed by atoms with van der Waals surface area (Å²) in [5.74, 6) is 1.57. The first kappa shape index (κ1) is 24.2. The lowest BCUT2D eigenvalue weighted by molar-refractivity contribution is 0.232. The third-order valence-corrected chi connectivity index (χ3v) is 7.33. The molecule has 1 saturated heterocycles. The van der Waals surface area contributed by atoms with Gasteiger partial charge in [0.2, 0.25) is 0 Å². The summed E-state index contributed by atoms with van der Waals surface area (Å²) in [6, 6.07) is 16.8. The predicted octanol–water partition coefficient (Wildman–Crippen LogP) is 6.41. The van der Waals surface area contributed by atoms with Crippen LogP contribution in [-0.2, 0) is 0 Å². The van der Waals surface area contributed by atoms with Gasteiger partial charge in [0.05, 0.1) is 0 Å². The first-order valence-electron chi connectivity index (χ1n) is 12.6. The fraction of sp³-hybridized carbons (Fsp3) is 0.333. The summed E-state index contributed by atoms with van der Waals surface area (Å²) < 4.78 is 27.3. The van der Waals surface area contributed by atoms with Crippen molar-refractivity contribution >= 4 is 11.1 Å². The number of phenols is 2. The van der Waals surface area contributed by atoms with Crippen molar-refractivity contribution in [1.29, 1.82) is 0 Å². The third kappa shape index (κ3) is 4.91. The summed E-state index contributed by atoms with van der Waals surface area (Å²) in [7, 11) is 0. The smallest absolute Gasteiger partial charge is 0.150 e. The van der Waals surface area contributed by atoms with E-state index in [1.54, 1.807) is 24.3 Å². The molecule has 3 aromatic rings. The van der Waals surface area contributed by atoms with E-state index in [4.69, 9.17) is 9.47 Å². The van der Waals surface area contributed by atoms with Crippen LogP contribution in [0.1, 0.15) is 49.5 Å². The Bertz CT molecular complexity index is 1270. The average molecular weight is 490 g/mol. The fourth-order valence-electron chi connectivity index (χ4n) is 5.23. The summed E-state index contributed by atoms with van der Waals surface area (Å²) in [4.78, 5) is 2.46. The maximum absolute atomic E-state index is 15.0. The monoisotopic (exact) mass is 489 g/mol. The van der Waals surface area contributed by atoms with Crippen molar-refractivity contribution in [2.45, 2.75) is 32.8 Å². The normalized spacial score (nSPS) is 19.8. The van der Waals surface area contributed by atoms with Crippen LogP contribution in [0.25, 0.3) is 11.1 Å². The number of rotatable bonds is 7. The average Bonchev–Trinajstić information content (AvgIpc) is 3.33. The van der Waals surface area contributed by atoms with E-state index in [-0.39, 0.29) is 11.5 Å². The van der Waals surface area contributed by atoms with Crippen molar-refractivity contribution in [3.63, 3.8) is 0 Å². The van der Waals surface area contributed by atoms with Gasteiger partial charge in [-0.3, -0.25) is 4.90 Å². The molecule has 1 unspecified atom stereocenters. The summed E-state index contributed by atoms with van der Waals surface area (Å²) in [5, 5.41) is 19.7. The predicted molar refractivity (Wildman–Crippen MR) is 139 cm³/mol. The SMILES string of the molecule is CC[C@@H]1CCN(CCOc2ccc(C3Oc4cc(O)ccc4C(C)=C3c3ccc(O)cc3F)cc2)C1. The van der Waals surface area contributed by atoms with Crippen molar-refractivity contribution in [1.82, 2.24) is 4.90 Å². The Hall–Kier alpha value is -3.51. The molecular formula is C30H32FNO4. The molecule has 0 saturated carbocycles. The number of halogens is 1. The summed E-state index contributed by atoms with van der Waals surface area (Å²) >= 11 is 0. The van der Waals surface area contributed by atoms with Crippen molar-refractivity contribution in [3.8, 4) is 23.0 Å². The van der Waals surface area contributed by atoms with Crippen LogP contribution in [0.4, 0.5) is 4.39 Å². The first-order valence-corrected chi connectivity index (χ1v) is 12.6. The molecule has 188 valence electrons. The van der Waals surface area contributed by atoms with Crippen LogP contribution < -0.4 is 9.47 Å². The third-order valence-electron chi connectivity index (χ3n) is 7.33. The van der Waals surface area contributed by atoms with Crippen LogP contribution in [0.2, 0.25) is 0 Å². The Balaban J connectivity index is 1.39. The lowest BCUT2D eigenvalue weighted by atomic mass is 9.86. The topological polar surface area (TPSA) is 62.2 Å². The second-order valence-electron chi connectivity index (χ2n) is 9.66. The molecule has 0 spiro atoms. The van der Waals surface area contributed by atoms with Crippen molar-refractivity contribution in [2.24, 2.45) is 5.92 Å². The van der Waals surface area contributed by atoms with E-state index in [9.17, 15) is 10.2 Å². The number of nitrogens with zero attached hydrogens (tertiary/aromatic N) is 1. The van der Waals surface area contributed by atoms with Gasteiger partial charge in [-0.2, -0.15) is 0 Å². The molecule has 0 aromatic heterocycles. The van der Waals surface area contributed by atoms with Gasteiger partial charge in [0.15, 0.2) is 0 Å². The number of allylic oxidation sites excluding steroid dienone is 1. The second-order valence-corrected chi connectivity index (χ2v) is 9.66. The van der Waals surface area contributed by atoms with Crippen molar-refractivity contribution in [3.05, 3.63) is 83.2 Å². The molecule has 3 aromatic carbocycles. The van der Waals surface area contributed by atoms with E-state index < -0.39 is 11.9 Å². The maximum Gasteiger partial charge on any atom is 0.150 e. The van der Waals surface area contributed by atoms with Gasteiger partial charge in [-0.25, -0.2) is 4.39 Å². The number of aromatic hydroxyl groups is 2. The van der Waals surface area contributed by atoms with Gasteiger partial charge in [0.1, 0.15) is 41.5 Å². The molecule has 1 fully saturated rings. The lowest BCUT2D eigenvalue weighted by Gasteiger charge is -2.31. The number of benzene rings is 3. The molecule has 2 heterocycles. The zero-order valence-electron chi connectivity index (χ0n) is 20.7. The van der Waals surface area contributed by atoms with E-state index in [1.165, 1.54) is 18.9 Å². The highest BCUT2D eigenvalue weighted by molar-refractivity contribution is 5.95. The molecule has 0 radical (unpaired) electrons. The van der Waals surface area contributed by atoms with E-state index in [2.05, 4.69) is 11.8 Å². The molecule has 2 N–H and O–H groups in total. The summed E-state index contributed by atoms with van der Waals surface area (Å²) in [6.07, 6.45) is 1.91. The molecule has 0 amide bonds. The summed E-state index contributed by atoms with van der Waals surface area (Å²) in [5.41, 5.74) is 3.52.